The highest BCUT2D eigenvalue weighted by Crippen LogP contribution is 2.64. The van der Waals surface area contributed by atoms with E-state index in [0.29, 0.717) is 11.8 Å². The van der Waals surface area contributed by atoms with Gasteiger partial charge in [-0.2, -0.15) is 0 Å². The van der Waals surface area contributed by atoms with Gasteiger partial charge in [0.25, 0.3) is 0 Å². The second-order valence-corrected chi connectivity index (χ2v) is 9.15. The molecule has 4 aliphatic rings. The Bertz CT molecular complexity index is 634. The van der Waals surface area contributed by atoms with Crippen LogP contribution in [0.2, 0.25) is 0 Å². The van der Waals surface area contributed by atoms with Gasteiger partial charge in [0.15, 0.2) is 0 Å². The molecule has 2 nitrogen and oxygen atoms in total. The van der Waals surface area contributed by atoms with E-state index in [4.69, 9.17) is 0 Å². The van der Waals surface area contributed by atoms with Crippen LogP contribution in [0.4, 0.5) is 14.5 Å². The summed E-state index contributed by atoms with van der Waals surface area (Å²) >= 11 is 3.87. The molecular weight excluding hydrogens is 352 g/mol. The van der Waals surface area contributed by atoms with E-state index in [0.717, 1.165) is 38.2 Å². The first-order valence-electron chi connectivity index (χ1n) is 7.83. The molecule has 2 atom stereocenters. The highest BCUT2D eigenvalue weighted by molar-refractivity contribution is 9.10. The molecule has 5 heteroatoms. The van der Waals surface area contributed by atoms with E-state index < -0.39 is 17.0 Å². The second-order valence-electron chi connectivity index (χ2n) is 7.47. The summed E-state index contributed by atoms with van der Waals surface area (Å²) in [5.74, 6) is -0.277. The van der Waals surface area contributed by atoms with Crippen molar-refractivity contribution >= 4 is 27.5 Å². The van der Waals surface area contributed by atoms with E-state index in [1.807, 2.05) is 0 Å². The van der Waals surface area contributed by atoms with Crippen LogP contribution in [0.3, 0.4) is 0 Å². The Morgan fingerprint density at radius 3 is 2.45 bits per heavy atom. The van der Waals surface area contributed by atoms with Crippen LogP contribution < -0.4 is 5.32 Å². The summed E-state index contributed by atoms with van der Waals surface area (Å²) in [5, 5.41) is 2.71. The Hall–Kier alpha value is -0.970. The van der Waals surface area contributed by atoms with Crippen LogP contribution in [-0.2, 0) is 4.79 Å². The fourth-order valence-corrected chi connectivity index (χ4v) is 6.71. The Balaban J connectivity index is 1.60. The molecule has 4 fully saturated rings. The van der Waals surface area contributed by atoms with Crippen molar-refractivity contribution in [3.8, 4) is 0 Å². The van der Waals surface area contributed by atoms with Crippen LogP contribution in [-0.4, -0.2) is 10.2 Å². The summed E-state index contributed by atoms with van der Waals surface area (Å²) in [6, 6.07) is 3.28. The predicted octanol–water partition coefficient (Wildman–Crippen LogP) is 4.64. The molecule has 4 bridgehead atoms. The second kappa shape index (κ2) is 4.76. The van der Waals surface area contributed by atoms with Crippen LogP contribution >= 0.6 is 15.9 Å². The monoisotopic (exact) mass is 369 g/mol. The number of rotatable bonds is 2. The van der Waals surface area contributed by atoms with Crippen molar-refractivity contribution in [1.82, 2.24) is 0 Å². The molecule has 118 valence electrons. The van der Waals surface area contributed by atoms with Gasteiger partial charge >= 0.3 is 0 Å². The molecule has 0 unspecified atom stereocenters. The third-order valence-corrected chi connectivity index (χ3v) is 6.58. The molecule has 1 amide bonds. The van der Waals surface area contributed by atoms with Crippen molar-refractivity contribution in [3.63, 3.8) is 0 Å². The molecule has 5 rings (SSSR count). The first-order valence-corrected chi connectivity index (χ1v) is 8.62. The first-order chi connectivity index (χ1) is 10.4. The van der Waals surface area contributed by atoms with Gasteiger partial charge in [0.1, 0.15) is 11.6 Å². The average Bonchev–Trinajstić information content (AvgIpc) is 2.39. The number of hydrogen-bond donors (Lipinski definition) is 1. The molecule has 22 heavy (non-hydrogen) atoms. The molecule has 0 aromatic heterocycles. The molecule has 4 saturated carbocycles. The van der Waals surface area contributed by atoms with Crippen molar-refractivity contribution < 1.29 is 13.6 Å². The van der Waals surface area contributed by atoms with Crippen molar-refractivity contribution in [2.24, 2.45) is 17.3 Å². The van der Waals surface area contributed by atoms with Crippen molar-refractivity contribution in [3.05, 3.63) is 29.8 Å². The number of carbonyl (C=O) groups excluding carboxylic acids is 1. The SMILES string of the molecule is O=C(Nc1ccc(F)cc1F)C12C[C@H]3C[C@@H](CC(Br)(C3)C1)C2. The summed E-state index contributed by atoms with van der Waals surface area (Å²) in [6.07, 6.45) is 6.11. The topological polar surface area (TPSA) is 29.1 Å². The lowest BCUT2D eigenvalue weighted by Crippen LogP contribution is -2.57. The van der Waals surface area contributed by atoms with Gasteiger partial charge in [0.05, 0.1) is 11.1 Å². The molecule has 0 saturated heterocycles. The lowest BCUT2D eigenvalue weighted by atomic mass is 9.49. The normalized spacial score (nSPS) is 39.0. The molecule has 4 aliphatic carbocycles. The molecule has 1 aromatic carbocycles. The van der Waals surface area contributed by atoms with Gasteiger partial charge in [-0.15, -0.1) is 0 Å². The van der Waals surface area contributed by atoms with Crippen molar-refractivity contribution in [1.29, 1.82) is 0 Å². The Morgan fingerprint density at radius 1 is 1.18 bits per heavy atom. The fraction of sp³-hybridized carbons (Fsp3) is 0.588. The van der Waals surface area contributed by atoms with Crippen LogP contribution in [0.15, 0.2) is 18.2 Å². The maximum Gasteiger partial charge on any atom is 0.230 e. The van der Waals surface area contributed by atoms with Crippen LogP contribution in [0.5, 0.6) is 0 Å². The maximum absolute atomic E-state index is 13.8. The lowest BCUT2D eigenvalue weighted by Gasteiger charge is -2.59. The number of nitrogens with one attached hydrogen (secondary N) is 1. The summed E-state index contributed by atoms with van der Waals surface area (Å²) < 4.78 is 26.9. The average molecular weight is 370 g/mol. The summed E-state index contributed by atoms with van der Waals surface area (Å²) in [4.78, 5) is 12.9. The van der Waals surface area contributed by atoms with Crippen LogP contribution in [0.25, 0.3) is 0 Å². The van der Waals surface area contributed by atoms with Gasteiger partial charge in [-0.25, -0.2) is 8.78 Å². The molecule has 1 N–H and O–H groups in total. The zero-order chi connectivity index (χ0) is 15.5. The molecule has 0 heterocycles. The fourth-order valence-electron chi connectivity index (χ4n) is 5.26. The van der Waals surface area contributed by atoms with E-state index in [1.165, 1.54) is 18.6 Å². The summed E-state index contributed by atoms with van der Waals surface area (Å²) in [6.45, 7) is 0. The van der Waals surface area contributed by atoms with Gasteiger partial charge in [-0.3, -0.25) is 4.79 Å². The molecule has 0 aliphatic heterocycles. The first kappa shape index (κ1) is 14.6. The van der Waals surface area contributed by atoms with Gasteiger partial charge < -0.3 is 5.32 Å². The number of alkyl halides is 1. The predicted molar refractivity (Wildman–Crippen MR) is 83.8 cm³/mol. The van der Waals surface area contributed by atoms with E-state index in [9.17, 15) is 13.6 Å². The Labute approximate surface area is 136 Å². The minimum absolute atomic E-state index is 0.0748. The summed E-state index contributed by atoms with van der Waals surface area (Å²) in [5.41, 5.74) is -0.320. The standard InChI is InChI=1S/C17H18BrF2NO/c18-17-7-10-3-11(8-17)6-16(5-10,9-17)15(22)21-14-2-1-12(19)4-13(14)20/h1-2,4,10-11H,3,5-9H2,(H,21,22)/t10-,11-,16?,17?/m1/s1. The zero-order valence-corrected chi connectivity index (χ0v) is 13.8. The number of hydrogen-bond acceptors (Lipinski definition) is 1. The Morgan fingerprint density at radius 2 is 1.86 bits per heavy atom. The van der Waals surface area contributed by atoms with Crippen LogP contribution in [0, 0.1) is 28.9 Å². The number of halogens is 3. The third kappa shape index (κ3) is 2.29. The highest BCUT2D eigenvalue weighted by Gasteiger charge is 2.59. The van der Waals surface area contributed by atoms with Gasteiger partial charge in [-0.05, 0) is 62.5 Å². The van der Waals surface area contributed by atoms with E-state index in [-0.39, 0.29) is 15.9 Å². The maximum atomic E-state index is 13.8. The van der Waals surface area contributed by atoms with Gasteiger partial charge in [-0.1, -0.05) is 15.9 Å². The van der Waals surface area contributed by atoms with Crippen molar-refractivity contribution in [2.45, 2.75) is 42.8 Å². The number of benzene rings is 1. The van der Waals surface area contributed by atoms with Gasteiger partial charge in [0.2, 0.25) is 5.91 Å². The molecule has 1 aromatic rings. The largest absolute Gasteiger partial charge is 0.323 e. The molecular formula is C17H18BrF2NO. The lowest BCUT2D eigenvalue weighted by molar-refractivity contribution is -0.138. The Kier molecular flexibility index (Phi) is 3.16. The van der Waals surface area contributed by atoms with Crippen LogP contribution in [0.1, 0.15) is 38.5 Å². The van der Waals surface area contributed by atoms with E-state index in [2.05, 4.69) is 21.2 Å². The smallest absolute Gasteiger partial charge is 0.230 e. The molecule has 0 spiro atoms. The third-order valence-electron chi connectivity index (χ3n) is 5.65. The van der Waals surface area contributed by atoms with Gasteiger partial charge in [0, 0.05) is 10.4 Å². The summed E-state index contributed by atoms with van der Waals surface area (Å²) in [7, 11) is 0. The minimum Gasteiger partial charge on any atom is -0.323 e. The number of anilines is 1. The minimum atomic E-state index is -0.716. The number of amides is 1. The van der Waals surface area contributed by atoms with Crippen molar-refractivity contribution in [2.75, 3.05) is 5.32 Å². The van der Waals surface area contributed by atoms with E-state index >= 15 is 0 Å². The van der Waals surface area contributed by atoms with E-state index in [1.54, 1.807) is 0 Å². The zero-order valence-electron chi connectivity index (χ0n) is 12.2. The number of carbonyl (C=O) groups is 1. The molecule has 0 radical (unpaired) electrons. The highest BCUT2D eigenvalue weighted by atomic mass is 79.9. The quantitative estimate of drug-likeness (QED) is 0.756.